The molecule has 0 radical (unpaired) electrons. The van der Waals surface area contributed by atoms with Crippen molar-refractivity contribution in [2.45, 2.75) is 13.1 Å². The Hall–Kier alpha value is -2.56. The van der Waals surface area contributed by atoms with E-state index in [0.717, 1.165) is 23.1 Å². The van der Waals surface area contributed by atoms with Gasteiger partial charge in [-0.3, -0.25) is 9.36 Å². The minimum Gasteiger partial charge on any atom is -0.284 e. The van der Waals surface area contributed by atoms with Crippen LogP contribution in [0.3, 0.4) is 0 Å². The molecular weight excluding hydrogens is 291 g/mol. The molecule has 0 bridgehead atoms. The summed E-state index contributed by atoms with van der Waals surface area (Å²) < 4.78 is 39.1. The van der Waals surface area contributed by atoms with E-state index in [4.69, 9.17) is 0 Å². The standard InChI is InChI=1S/C17H12F3NO/c1-11-2-7-15-12(10-11)8-9-21(16(15)22)14-5-3-13(4-6-14)17(18,19)20/h2-10H,1H3. The van der Waals surface area contributed by atoms with Gasteiger partial charge in [0.15, 0.2) is 0 Å². The Labute approximate surface area is 124 Å². The van der Waals surface area contributed by atoms with Crippen molar-refractivity contribution < 1.29 is 13.2 Å². The van der Waals surface area contributed by atoms with Gasteiger partial charge in [-0.15, -0.1) is 0 Å². The zero-order chi connectivity index (χ0) is 15.9. The highest BCUT2D eigenvalue weighted by atomic mass is 19.4. The summed E-state index contributed by atoms with van der Waals surface area (Å²) >= 11 is 0. The highest BCUT2D eigenvalue weighted by Gasteiger charge is 2.30. The second-order valence-corrected chi connectivity index (χ2v) is 5.13. The number of fused-ring (bicyclic) bond motifs is 1. The Kier molecular flexibility index (Phi) is 3.28. The van der Waals surface area contributed by atoms with Gasteiger partial charge in [0.2, 0.25) is 0 Å². The van der Waals surface area contributed by atoms with E-state index >= 15 is 0 Å². The number of hydrogen-bond donors (Lipinski definition) is 0. The number of hydrogen-bond acceptors (Lipinski definition) is 1. The maximum absolute atomic E-state index is 12.6. The fourth-order valence-corrected chi connectivity index (χ4v) is 2.38. The molecule has 0 unspecified atom stereocenters. The van der Waals surface area contributed by atoms with E-state index in [9.17, 15) is 18.0 Å². The van der Waals surface area contributed by atoms with Gasteiger partial charge in [0.25, 0.3) is 5.56 Å². The van der Waals surface area contributed by atoms with Gasteiger partial charge in [-0.1, -0.05) is 17.7 Å². The highest BCUT2D eigenvalue weighted by molar-refractivity contribution is 5.82. The highest BCUT2D eigenvalue weighted by Crippen LogP contribution is 2.29. The van der Waals surface area contributed by atoms with E-state index in [1.807, 2.05) is 19.1 Å². The summed E-state index contributed by atoms with van der Waals surface area (Å²) in [6, 6.07) is 11.8. The summed E-state index contributed by atoms with van der Waals surface area (Å²) in [5.74, 6) is 0. The molecule has 0 aliphatic rings. The fraction of sp³-hybridized carbons (Fsp3) is 0.118. The van der Waals surface area contributed by atoms with Gasteiger partial charge < -0.3 is 0 Å². The van der Waals surface area contributed by atoms with Crippen molar-refractivity contribution in [2.75, 3.05) is 0 Å². The van der Waals surface area contributed by atoms with Crippen molar-refractivity contribution in [2.24, 2.45) is 0 Å². The van der Waals surface area contributed by atoms with Crippen LogP contribution < -0.4 is 5.56 Å². The van der Waals surface area contributed by atoms with Crippen molar-refractivity contribution in [1.29, 1.82) is 0 Å². The van der Waals surface area contributed by atoms with Crippen molar-refractivity contribution in [3.05, 3.63) is 76.2 Å². The topological polar surface area (TPSA) is 22.0 Å². The van der Waals surface area contributed by atoms with E-state index in [2.05, 4.69) is 0 Å². The molecule has 112 valence electrons. The van der Waals surface area contributed by atoms with Crippen LogP contribution in [0.2, 0.25) is 0 Å². The number of rotatable bonds is 1. The van der Waals surface area contributed by atoms with Crippen molar-refractivity contribution in [3.63, 3.8) is 0 Å². The van der Waals surface area contributed by atoms with Crippen molar-refractivity contribution in [3.8, 4) is 5.69 Å². The molecule has 0 aliphatic heterocycles. The molecule has 0 amide bonds. The van der Waals surface area contributed by atoms with Crippen molar-refractivity contribution >= 4 is 10.8 Å². The normalized spacial score (nSPS) is 11.8. The van der Waals surface area contributed by atoms with Crippen LogP contribution in [0.5, 0.6) is 0 Å². The fourth-order valence-electron chi connectivity index (χ4n) is 2.38. The number of nitrogens with zero attached hydrogens (tertiary/aromatic N) is 1. The summed E-state index contributed by atoms with van der Waals surface area (Å²) in [6.45, 7) is 1.93. The number of pyridine rings is 1. The van der Waals surface area contributed by atoms with Crippen molar-refractivity contribution in [1.82, 2.24) is 4.57 Å². The first-order valence-corrected chi connectivity index (χ1v) is 6.66. The Balaban J connectivity index is 2.13. The molecular formula is C17H12F3NO. The zero-order valence-corrected chi connectivity index (χ0v) is 11.7. The molecule has 22 heavy (non-hydrogen) atoms. The average Bonchev–Trinajstić information content (AvgIpc) is 2.47. The summed E-state index contributed by atoms with van der Waals surface area (Å²) in [6.07, 6.45) is -2.81. The zero-order valence-electron chi connectivity index (χ0n) is 11.7. The molecule has 0 atom stereocenters. The molecule has 0 N–H and O–H groups in total. The third kappa shape index (κ3) is 2.50. The quantitative estimate of drug-likeness (QED) is 0.656. The van der Waals surface area contributed by atoms with Gasteiger partial charge in [-0.05, 0) is 48.7 Å². The van der Waals surface area contributed by atoms with Crippen LogP contribution in [0.15, 0.2) is 59.5 Å². The summed E-state index contributed by atoms with van der Waals surface area (Å²) in [5, 5.41) is 1.35. The maximum atomic E-state index is 12.6. The number of benzene rings is 2. The molecule has 3 rings (SSSR count). The first-order valence-electron chi connectivity index (χ1n) is 6.66. The molecule has 0 spiro atoms. The van der Waals surface area contributed by atoms with Crippen LogP contribution in [-0.2, 0) is 6.18 Å². The molecule has 0 fully saturated rings. The average molecular weight is 303 g/mol. The lowest BCUT2D eigenvalue weighted by Gasteiger charge is -2.10. The summed E-state index contributed by atoms with van der Waals surface area (Å²) in [7, 11) is 0. The summed E-state index contributed by atoms with van der Waals surface area (Å²) in [5.41, 5.74) is 0.456. The maximum Gasteiger partial charge on any atom is 0.416 e. The smallest absolute Gasteiger partial charge is 0.284 e. The van der Waals surface area contributed by atoms with Crippen LogP contribution >= 0.6 is 0 Å². The largest absolute Gasteiger partial charge is 0.416 e. The van der Waals surface area contributed by atoms with E-state index in [-0.39, 0.29) is 5.56 Å². The van der Waals surface area contributed by atoms with Gasteiger partial charge in [0.1, 0.15) is 0 Å². The summed E-state index contributed by atoms with van der Waals surface area (Å²) in [4.78, 5) is 12.5. The number of halogens is 3. The molecule has 3 aromatic rings. The first-order chi connectivity index (χ1) is 10.4. The van der Waals surface area contributed by atoms with Crippen LogP contribution in [0.1, 0.15) is 11.1 Å². The second kappa shape index (κ2) is 5.02. The number of aryl methyl sites for hydroxylation is 1. The van der Waals surface area contributed by atoms with E-state index in [0.29, 0.717) is 11.1 Å². The van der Waals surface area contributed by atoms with Crippen LogP contribution in [-0.4, -0.2) is 4.57 Å². The minimum absolute atomic E-state index is 0.253. The van der Waals surface area contributed by atoms with E-state index < -0.39 is 11.7 Å². The molecule has 1 aromatic heterocycles. The van der Waals surface area contributed by atoms with Gasteiger partial charge in [-0.25, -0.2) is 0 Å². The van der Waals surface area contributed by atoms with Gasteiger partial charge in [0, 0.05) is 17.3 Å². The van der Waals surface area contributed by atoms with Gasteiger partial charge in [0.05, 0.1) is 5.56 Å². The van der Waals surface area contributed by atoms with Crippen LogP contribution in [0, 0.1) is 6.92 Å². The number of alkyl halides is 3. The SMILES string of the molecule is Cc1ccc2c(=O)n(-c3ccc(C(F)(F)F)cc3)ccc2c1. The molecule has 0 saturated heterocycles. The van der Waals surface area contributed by atoms with E-state index in [1.165, 1.54) is 16.7 Å². The molecule has 0 aliphatic carbocycles. The predicted molar refractivity (Wildman–Crippen MR) is 79.3 cm³/mol. The third-order valence-corrected chi connectivity index (χ3v) is 3.53. The number of aromatic nitrogens is 1. The van der Waals surface area contributed by atoms with Crippen LogP contribution in [0.25, 0.3) is 16.5 Å². The Morgan fingerprint density at radius 3 is 2.27 bits per heavy atom. The molecule has 0 saturated carbocycles. The monoisotopic (exact) mass is 303 g/mol. The Morgan fingerprint density at radius 1 is 0.955 bits per heavy atom. The van der Waals surface area contributed by atoms with Gasteiger partial charge >= 0.3 is 6.18 Å². The predicted octanol–water partition coefficient (Wildman–Crippen LogP) is 4.32. The Bertz CT molecular complexity index is 892. The molecule has 1 heterocycles. The molecule has 2 aromatic carbocycles. The third-order valence-electron chi connectivity index (χ3n) is 3.53. The van der Waals surface area contributed by atoms with Gasteiger partial charge in [-0.2, -0.15) is 13.2 Å². The lowest BCUT2D eigenvalue weighted by molar-refractivity contribution is -0.137. The molecule has 5 heteroatoms. The minimum atomic E-state index is -4.38. The van der Waals surface area contributed by atoms with E-state index in [1.54, 1.807) is 18.3 Å². The first kappa shape index (κ1) is 14.4. The lowest BCUT2D eigenvalue weighted by atomic mass is 10.1. The lowest BCUT2D eigenvalue weighted by Crippen LogP contribution is -2.17. The second-order valence-electron chi connectivity index (χ2n) is 5.13. The molecule has 2 nitrogen and oxygen atoms in total. The van der Waals surface area contributed by atoms with Crippen LogP contribution in [0.4, 0.5) is 13.2 Å². The Morgan fingerprint density at radius 2 is 1.64 bits per heavy atom.